The Kier molecular flexibility index (Phi) is 19.2. The molecule has 12 rings (SSSR count). The predicted octanol–water partition coefficient (Wildman–Crippen LogP) is 9.64. The maximum absolute atomic E-state index is 14.9. The number of carbonyl (C=O) groups is 6. The minimum absolute atomic E-state index is 0.0270. The number of esters is 2. The molecule has 0 unspecified atom stereocenters. The van der Waals surface area contributed by atoms with Crippen LogP contribution in [0.5, 0.6) is 0 Å². The Labute approximate surface area is 541 Å². The topological polar surface area (TPSA) is 255 Å². The van der Waals surface area contributed by atoms with Gasteiger partial charge in [-0.2, -0.15) is 0 Å². The van der Waals surface area contributed by atoms with E-state index in [0.717, 1.165) is 18.2 Å². The maximum atomic E-state index is 14.9. The van der Waals surface area contributed by atoms with Gasteiger partial charge >= 0.3 is 35.9 Å². The molecule has 4 fully saturated rings. The average molecular weight is 1350 g/mol. The number of benzene rings is 4. The lowest BCUT2D eigenvalue weighted by Crippen LogP contribution is -2.53. The Morgan fingerprint density at radius 3 is 1.54 bits per heavy atom. The number of rotatable bonds is 16. The van der Waals surface area contributed by atoms with Gasteiger partial charge in [0.15, 0.2) is 21.7 Å². The molecule has 4 N–H and O–H groups in total. The summed E-state index contributed by atoms with van der Waals surface area (Å²) >= 11 is 28.4. The van der Waals surface area contributed by atoms with E-state index in [1.54, 1.807) is 72.4 Å². The molecular weight excluding hydrogens is 1290 g/mol. The summed E-state index contributed by atoms with van der Waals surface area (Å²) in [5, 5.41) is 31.5. The third-order valence-corrected chi connectivity index (χ3v) is 18.3. The van der Waals surface area contributed by atoms with Crippen LogP contribution in [0, 0.1) is 11.6 Å². The van der Waals surface area contributed by atoms with Gasteiger partial charge in [0.25, 0.3) is 0 Å². The van der Waals surface area contributed by atoms with Gasteiger partial charge in [-0.05, 0) is 74.5 Å². The number of fused-ring (bicyclic) bond motifs is 2. The molecular formula is C60H54Cl4F2N12O10S2. The van der Waals surface area contributed by atoms with Crippen molar-refractivity contribution >= 4 is 128 Å². The lowest BCUT2D eigenvalue weighted by molar-refractivity contribution is -0.139. The standard InChI is InChI=1S/2C30H27Cl2FN6O5S/c1-2-44-29(42)24-22(35-26(27-34-7-10-45-27)36-25(24)19-5-4-17(31)12-20(19)32)15-37-8-9-38-18(13-37)14-39(30(38)43)23-6-3-16(28(40)41)11-21(23)33;1-2-44-29(42)24-23(35-26(27-34-7-10-45-27)36-25(24)19-5-3-16(31)11-21(19)32)15-37-8-9-38-18(13-37)14-39(30(38)43)17-4-6-20(28(40)41)22(33)12-17/h2*3-7,10-12,18,25H,2,8-9,13-15H2,1H3,(H,35,36)(H,40,41)/t2*18-,25-/m00/s1. The molecule has 90 heavy (non-hydrogen) atoms. The highest BCUT2D eigenvalue weighted by Gasteiger charge is 2.45. The van der Waals surface area contributed by atoms with Crippen molar-refractivity contribution in [3.63, 3.8) is 0 Å². The molecule has 6 aliphatic rings. The van der Waals surface area contributed by atoms with Gasteiger partial charge in [-0.25, -0.2) is 47.5 Å². The fraction of sp³-hybridized carbons (Fsp3) is 0.300. The Morgan fingerprint density at radius 1 is 0.611 bits per heavy atom. The van der Waals surface area contributed by atoms with Crippen LogP contribution in [0.4, 0.5) is 29.7 Å². The third kappa shape index (κ3) is 13.2. The predicted molar refractivity (Wildman–Crippen MR) is 335 cm³/mol. The maximum Gasteiger partial charge on any atom is 0.338 e. The first kappa shape index (κ1) is 63.5. The Hall–Kier alpha value is -8.08. The number of amides is 4. The summed E-state index contributed by atoms with van der Waals surface area (Å²) in [6, 6.07) is 14.5. The number of halogens is 6. The molecule has 0 bridgehead atoms. The van der Waals surface area contributed by atoms with E-state index in [9.17, 15) is 47.8 Å². The molecule has 8 heterocycles. The van der Waals surface area contributed by atoms with E-state index >= 15 is 0 Å². The molecule has 4 saturated heterocycles. The van der Waals surface area contributed by atoms with Crippen molar-refractivity contribution in [3.8, 4) is 0 Å². The van der Waals surface area contributed by atoms with Gasteiger partial charge in [0.05, 0.1) is 53.3 Å². The number of thiazole rings is 2. The van der Waals surface area contributed by atoms with E-state index in [1.807, 2.05) is 10.8 Å². The van der Waals surface area contributed by atoms with Crippen molar-refractivity contribution in [2.45, 2.75) is 38.0 Å². The summed E-state index contributed by atoms with van der Waals surface area (Å²) in [6.07, 6.45) is 3.33. The number of hydrogen-bond donors (Lipinski definition) is 4. The SMILES string of the molecule is CCOC(=O)C1=C(CN2CCN3C(=O)N(c4ccc(C(=O)O)c(F)c4)C[C@@H]3C2)NC(c2nccs2)=N[C@H]1c1ccc(Cl)cc1Cl.CCOC(=O)C1=C(CN2CCN3C(=O)N(c4ccc(C(=O)O)cc4F)C[C@@H]3C2)NC(c2nccs2)=N[C@H]1c1ccc(Cl)cc1Cl. The summed E-state index contributed by atoms with van der Waals surface area (Å²) in [7, 11) is 0. The van der Waals surface area contributed by atoms with Gasteiger partial charge in [0, 0.05) is 137 Å². The van der Waals surface area contributed by atoms with E-state index in [1.165, 1.54) is 50.7 Å². The Bertz CT molecular complexity index is 3970. The van der Waals surface area contributed by atoms with Gasteiger partial charge in [-0.15, -0.1) is 22.7 Å². The van der Waals surface area contributed by atoms with Crippen LogP contribution in [0.15, 0.2) is 128 Å². The number of carboxylic acid groups (broad SMARTS) is 2. The van der Waals surface area contributed by atoms with Crippen LogP contribution in [0.1, 0.15) is 67.8 Å². The number of urea groups is 2. The number of amidine groups is 2. The molecule has 0 radical (unpaired) electrons. The van der Waals surface area contributed by atoms with Gasteiger partial charge < -0.3 is 40.1 Å². The highest BCUT2D eigenvalue weighted by molar-refractivity contribution is 7.12. The fourth-order valence-corrected chi connectivity index (χ4v) is 13.7. The number of carbonyl (C=O) groups excluding carboxylic acids is 4. The number of aromatic nitrogens is 2. The summed E-state index contributed by atoms with van der Waals surface area (Å²) in [4.78, 5) is 105. The van der Waals surface area contributed by atoms with Crippen molar-refractivity contribution in [3.05, 3.63) is 182 Å². The van der Waals surface area contributed by atoms with Crippen LogP contribution >= 0.6 is 69.1 Å². The summed E-state index contributed by atoms with van der Waals surface area (Å²) in [6.45, 7) is 7.52. The first-order valence-electron chi connectivity index (χ1n) is 28.1. The van der Waals surface area contributed by atoms with Crippen LogP contribution in [-0.4, -0.2) is 178 Å². The second-order valence-electron chi connectivity index (χ2n) is 21.1. The van der Waals surface area contributed by atoms with Crippen LogP contribution in [0.3, 0.4) is 0 Å². The molecule has 22 nitrogen and oxygen atoms in total. The molecule has 6 aliphatic heterocycles. The molecule has 0 saturated carbocycles. The smallest absolute Gasteiger partial charge is 0.338 e. The molecule has 6 aromatic rings. The summed E-state index contributed by atoms with van der Waals surface area (Å²) in [5.74, 6) is -4.44. The zero-order valence-corrected chi connectivity index (χ0v) is 52.4. The number of aromatic carboxylic acids is 2. The highest BCUT2D eigenvalue weighted by atomic mass is 35.5. The van der Waals surface area contributed by atoms with Crippen LogP contribution in [-0.2, 0) is 19.1 Å². The van der Waals surface area contributed by atoms with Crippen molar-refractivity contribution in [1.82, 2.24) is 40.2 Å². The van der Waals surface area contributed by atoms with E-state index < -0.39 is 53.2 Å². The molecule has 2 aromatic heterocycles. The van der Waals surface area contributed by atoms with E-state index in [4.69, 9.17) is 65.9 Å². The molecule has 468 valence electrons. The Balaban J connectivity index is 0.000000185. The number of hydrogen-bond acceptors (Lipinski definition) is 18. The normalized spacial score (nSPS) is 20.2. The van der Waals surface area contributed by atoms with Crippen LogP contribution < -0.4 is 20.4 Å². The molecule has 0 spiro atoms. The van der Waals surface area contributed by atoms with Gasteiger partial charge in [-0.1, -0.05) is 58.5 Å². The second-order valence-corrected chi connectivity index (χ2v) is 24.6. The number of anilines is 2. The molecule has 30 heteroatoms. The van der Waals surface area contributed by atoms with Gasteiger partial charge in [0.1, 0.15) is 23.7 Å². The van der Waals surface area contributed by atoms with Gasteiger partial charge in [0.2, 0.25) is 0 Å². The first-order valence-corrected chi connectivity index (χ1v) is 31.4. The molecule has 4 amide bonds. The number of carboxylic acids is 2. The number of aliphatic imine (C=N–C) groups is 2. The van der Waals surface area contributed by atoms with Crippen molar-refractivity contribution in [2.75, 3.05) is 88.5 Å². The average Bonchev–Trinajstić information content (AvgIpc) is 1.68. The number of piperazine rings is 2. The minimum Gasteiger partial charge on any atom is -0.478 e. The van der Waals surface area contributed by atoms with E-state index in [2.05, 4.69) is 30.4 Å². The van der Waals surface area contributed by atoms with Crippen molar-refractivity contribution in [1.29, 1.82) is 0 Å². The number of ether oxygens (including phenoxy) is 2. The number of nitrogens with one attached hydrogen (secondary N) is 2. The van der Waals surface area contributed by atoms with Crippen LogP contribution in [0.2, 0.25) is 20.1 Å². The fourth-order valence-electron chi connectivity index (χ4n) is 11.5. The zero-order chi connectivity index (χ0) is 63.7. The number of nitrogens with zero attached hydrogens (tertiary/aromatic N) is 10. The third-order valence-electron chi connectivity index (χ3n) is 15.6. The first-order chi connectivity index (χ1) is 43.3. The van der Waals surface area contributed by atoms with Crippen molar-refractivity contribution in [2.24, 2.45) is 9.98 Å². The van der Waals surface area contributed by atoms with E-state index in [0.29, 0.717) is 128 Å². The zero-order valence-electron chi connectivity index (χ0n) is 47.7. The lowest BCUT2D eigenvalue weighted by Gasteiger charge is -2.38. The summed E-state index contributed by atoms with van der Waals surface area (Å²) in [5.41, 5.74) is 2.57. The second kappa shape index (κ2) is 27.2. The molecule has 0 aliphatic carbocycles. The summed E-state index contributed by atoms with van der Waals surface area (Å²) < 4.78 is 40.3. The molecule has 4 aromatic carbocycles. The van der Waals surface area contributed by atoms with Crippen LogP contribution in [0.25, 0.3) is 0 Å². The monoisotopic (exact) mass is 1340 g/mol. The molecule has 4 atom stereocenters. The largest absolute Gasteiger partial charge is 0.478 e. The highest BCUT2D eigenvalue weighted by Crippen LogP contribution is 2.41. The minimum atomic E-state index is -1.38. The van der Waals surface area contributed by atoms with E-state index in [-0.39, 0.29) is 67.4 Å². The Morgan fingerprint density at radius 2 is 1.11 bits per heavy atom. The lowest BCUT2D eigenvalue weighted by atomic mass is 9.95. The van der Waals surface area contributed by atoms with Gasteiger partial charge in [-0.3, -0.25) is 29.6 Å². The quantitative estimate of drug-likeness (QED) is 0.0658. The van der Waals surface area contributed by atoms with Crippen molar-refractivity contribution < 1.29 is 57.2 Å².